The molecule has 0 saturated carbocycles. The molecule has 1 aromatic rings. The van der Waals surface area contributed by atoms with Crippen LogP contribution in [0, 0.1) is 20.8 Å². The number of sulfonamides is 1. The first-order valence-electron chi connectivity index (χ1n) is 7.78. The van der Waals surface area contributed by atoms with Crippen LogP contribution >= 0.6 is 0 Å². The van der Waals surface area contributed by atoms with Gasteiger partial charge in [-0.2, -0.15) is 0 Å². The zero-order chi connectivity index (χ0) is 18.3. The maximum absolute atomic E-state index is 12.4. The Balaban J connectivity index is 2.58. The molecule has 3 N–H and O–H groups in total. The molecule has 0 fully saturated rings. The molecule has 0 aliphatic heterocycles. The summed E-state index contributed by atoms with van der Waals surface area (Å²) in [6, 6.07) is 3.61. The van der Waals surface area contributed by atoms with Crippen LogP contribution in [0.1, 0.15) is 30.0 Å². The van der Waals surface area contributed by atoms with Crippen LogP contribution in [0.2, 0.25) is 0 Å². The maximum atomic E-state index is 12.4. The summed E-state index contributed by atoms with van der Waals surface area (Å²) in [6.07, 6.45) is -0.0391. The van der Waals surface area contributed by atoms with Gasteiger partial charge in [-0.1, -0.05) is 17.7 Å². The average Bonchev–Trinajstić information content (AvgIpc) is 2.43. The highest BCUT2D eigenvalue weighted by molar-refractivity contribution is 7.89. The van der Waals surface area contributed by atoms with E-state index < -0.39 is 10.0 Å². The molecule has 0 aromatic heterocycles. The van der Waals surface area contributed by atoms with E-state index in [0.717, 1.165) is 5.56 Å². The predicted octanol–water partition coefficient (Wildman–Crippen LogP) is 0.533. The van der Waals surface area contributed by atoms with Crippen LogP contribution in [0.15, 0.2) is 17.0 Å². The van der Waals surface area contributed by atoms with Crippen LogP contribution < -0.4 is 15.4 Å². The van der Waals surface area contributed by atoms with Crippen molar-refractivity contribution >= 4 is 21.8 Å². The van der Waals surface area contributed by atoms with Crippen molar-refractivity contribution < 1.29 is 18.0 Å². The number of carbonyl (C=O) groups excluding carboxylic acids is 2. The van der Waals surface area contributed by atoms with E-state index in [2.05, 4.69) is 15.4 Å². The van der Waals surface area contributed by atoms with Crippen LogP contribution in [0.25, 0.3) is 0 Å². The SMILES string of the molecule is CCNC(=O)CNC(=O)CCNS(=O)(=O)c1c(C)cc(C)cc1C. The van der Waals surface area contributed by atoms with Crippen LogP contribution in [0.5, 0.6) is 0 Å². The van der Waals surface area contributed by atoms with Crippen molar-refractivity contribution in [3.63, 3.8) is 0 Å². The Morgan fingerprint density at radius 1 is 1.00 bits per heavy atom. The monoisotopic (exact) mass is 355 g/mol. The Hall–Kier alpha value is -1.93. The van der Waals surface area contributed by atoms with E-state index in [-0.39, 0.29) is 36.2 Å². The first-order valence-corrected chi connectivity index (χ1v) is 9.26. The van der Waals surface area contributed by atoms with Crippen molar-refractivity contribution in [2.75, 3.05) is 19.6 Å². The molecule has 8 heteroatoms. The van der Waals surface area contributed by atoms with Gasteiger partial charge in [-0.05, 0) is 38.8 Å². The predicted molar refractivity (Wildman–Crippen MR) is 92.2 cm³/mol. The maximum Gasteiger partial charge on any atom is 0.241 e. The van der Waals surface area contributed by atoms with E-state index in [0.29, 0.717) is 17.7 Å². The van der Waals surface area contributed by atoms with Crippen molar-refractivity contribution in [2.24, 2.45) is 0 Å². The molecule has 24 heavy (non-hydrogen) atoms. The van der Waals surface area contributed by atoms with Crippen molar-refractivity contribution in [3.05, 3.63) is 28.8 Å². The number of amides is 2. The Labute approximate surface area is 143 Å². The first kappa shape index (κ1) is 20.1. The minimum absolute atomic E-state index is 0.0314. The third-order valence-electron chi connectivity index (χ3n) is 3.34. The lowest BCUT2D eigenvalue weighted by atomic mass is 10.1. The lowest BCUT2D eigenvalue weighted by Crippen LogP contribution is -2.38. The van der Waals surface area contributed by atoms with Gasteiger partial charge in [0.15, 0.2) is 0 Å². The average molecular weight is 355 g/mol. The minimum Gasteiger partial charge on any atom is -0.355 e. The standard InChI is InChI=1S/C16H25N3O4S/c1-5-17-15(21)10-18-14(20)6-7-19-24(22,23)16-12(3)8-11(2)9-13(16)4/h8-9,19H,5-7,10H2,1-4H3,(H,17,21)(H,18,20). The van der Waals surface area contributed by atoms with Crippen molar-refractivity contribution in [1.29, 1.82) is 0 Å². The molecular weight excluding hydrogens is 330 g/mol. The fourth-order valence-corrected chi connectivity index (χ4v) is 3.97. The fraction of sp³-hybridized carbons (Fsp3) is 0.500. The second-order valence-corrected chi connectivity index (χ2v) is 7.31. The molecule has 0 bridgehead atoms. The van der Waals surface area contributed by atoms with Crippen LogP contribution in [-0.2, 0) is 19.6 Å². The smallest absolute Gasteiger partial charge is 0.241 e. The van der Waals surface area contributed by atoms with Gasteiger partial charge in [-0.3, -0.25) is 9.59 Å². The number of rotatable bonds is 8. The molecule has 0 heterocycles. The van der Waals surface area contributed by atoms with Gasteiger partial charge in [0.2, 0.25) is 21.8 Å². The largest absolute Gasteiger partial charge is 0.355 e. The van der Waals surface area contributed by atoms with Gasteiger partial charge in [-0.15, -0.1) is 0 Å². The van der Waals surface area contributed by atoms with Crippen molar-refractivity contribution in [3.8, 4) is 0 Å². The van der Waals surface area contributed by atoms with E-state index in [4.69, 9.17) is 0 Å². The second-order valence-electron chi connectivity index (χ2n) is 5.61. The molecule has 2 amide bonds. The highest BCUT2D eigenvalue weighted by Gasteiger charge is 2.19. The molecular formula is C16H25N3O4S. The third kappa shape index (κ3) is 5.93. The van der Waals surface area contributed by atoms with E-state index in [1.807, 2.05) is 6.92 Å². The number of benzene rings is 1. The first-order chi connectivity index (χ1) is 11.2. The summed E-state index contributed by atoms with van der Waals surface area (Å²) in [7, 11) is -3.68. The van der Waals surface area contributed by atoms with E-state index in [9.17, 15) is 18.0 Å². The summed E-state index contributed by atoms with van der Waals surface area (Å²) in [6.45, 7) is 7.52. The van der Waals surface area contributed by atoms with E-state index >= 15 is 0 Å². The Kier molecular flexibility index (Phi) is 7.37. The Bertz CT molecular complexity index is 691. The van der Waals surface area contributed by atoms with Crippen molar-refractivity contribution in [1.82, 2.24) is 15.4 Å². The molecule has 0 unspecified atom stereocenters. The van der Waals surface area contributed by atoms with E-state index in [1.54, 1.807) is 32.9 Å². The zero-order valence-electron chi connectivity index (χ0n) is 14.5. The molecule has 0 aliphatic rings. The molecule has 1 aromatic carbocycles. The van der Waals surface area contributed by atoms with Gasteiger partial charge in [0.05, 0.1) is 11.4 Å². The molecule has 0 saturated heterocycles. The van der Waals surface area contributed by atoms with Gasteiger partial charge < -0.3 is 10.6 Å². The number of hydrogen-bond donors (Lipinski definition) is 3. The number of aryl methyl sites for hydroxylation is 3. The molecule has 1 rings (SSSR count). The van der Waals surface area contributed by atoms with Crippen LogP contribution in [0.3, 0.4) is 0 Å². The van der Waals surface area contributed by atoms with Crippen molar-refractivity contribution in [2.45, 2.75) is 39.0 Å². The summed E-state index contributed by atoms with van der Waals surface area (Å²) < 4.78 is 27.3. The molecule has 0 aliphatic carbocycles. The minimum atomic E-state index is -3.68. The molecule has 0 radical (unpaired) electrons. The number of likely N-dealkylation sites (N-methyl/N-ethyl adjacent to an activating group) is 1. The number of nitrogens with one attached hydrogen (secondary N) is 3. The highest BCUT2D eigenvalue weighted by Crippen LogP contribution is 2.21. The topological polar surface area (TPSA) is 104 Å². The summed E-state index contributed by atoms with van der Waals surface area (Å²) in [5.41, 5.74) is 2.33. The van der Waals surface area contributed by atoms with Crippen LogP contribution in [0.4, 0.5) is 0 Å². The summed E-state index contributed by atoms with van der Waals surface area (Å²) in [5.74, 6) is -0.668. The molecule has 0 atom stereocenters. The quantitative estimate of drug-likeness (QED) is 0.633. The van der Waals surface area contributed by atoms with Gasteiger partial charge in [0.25, 0.3) is 0 Å². The van der Waals surface area contributed by atoms with Gasteiger partial charge >= 0.3 is 0 Å². The molecule has 134 valence electrons. The number of hydrogen-bond acceptors (Lipinski definition) is 4. The van der Waals surface area contributed by atoms with Gasteiger partial charge in [0, 0.05) is 19.5 Å². The van der Waals surface area contributed by atoms with Gasteiger partial charge in [0.1, 0.15) is 0 Å². The summed E-state index contributed by atoms with van der Waals surface area (Å²) in [5, 5.41) is 4.99. The summed E-state index contributed by atoms with van der Waals surface area (Å²) in [4.78, 5) is 23.1. The van der Waals surface area contributed by atoms with E-state index in [1.165, 1.54) is 0 Å². The fourth-order valence-electron chi connectivity index (χ4n) is 2.49. The summed E-state index contributed by atoms with van der Waals surface area (Å²) >= 11 is 0. The lowest BCUT2D eigenvalue weighted by Gasteiger charge is -2.13. The Morgan fingerprint density at radius 2 is 1.58 bits per heavy atom. The van der Waals surface area contributed by atoms with Crippen LogP contribution in [-0.4, -0.2) is 39.9 Å². The van der Waals surface area contributed by atoms with Gasteiger partial charge in [-0.25, -0.2) is 13.1 Å². The number of carbonyl (C=O) groups is 2. The highest BCUT2D eigenvalue weighted by atomic mass is 32.2. The zero-order valence-corrected chi connectivity index (χ0v) is 15.3. The lowest BCUT2D eigenvalue weighted by molar-refractivity contribution is -0.125. The molecule has 0 spiro atoms. The Morgan fingerprint density at radius 3 is 2.12 bits per heavy atom. The molecule has 7 nitrogen and oxygen atoms in total. The second kappa shape index (κ2) is 8.79. The third-order valence-corrected chi connectivity index (χ3v) is 5.10. The normalized spacial score (nSPS) is 11.2.